The number of benzene rings is 1. The Hall–Kier alpha value is -2.16. The Balaban J connectivity index is 1.68. The predicted octanol–water partition coefficient (Wildman–Crippen LogP) is 4.32. The minimum absolute atomic E-state index is 0.412. The van der Waals surface area contributed by atoms with E-state index < -0.39 is 0 Å². The fraction of sp³-hybridized carbons (Fsp3) is 0.0667. The van der Waals surface area contributed by atoms with Gasteiger partial charge in [-0.25, -0.2) is 4.98 Å². The van der Waals surface area contributed by atoms with Gasteiger partial charge in [0.05, 0.1) is 17.3 Å². The summed E-state index contributed by atoms with van der Waals surface area (Å²) in [6.45, 7) is 0.412. The van der Waals surface area contributed by atoms with Gasteiger partial charge < -0.3 is 4.74 Å². The van der Waals surface area contributed by atoms with Gasteiger partial charge in [0.2, 0.25) is 0 Å². The van der Waals surface area contributed by atoms with Gasteiger partial charge in [0.25, 0.3) is 0 Å². The van der Waals surface area contributed by atoms with Crippen LogP contribution in [0.1, 0.15) is 11.3 Å². The molecule has 20 heavy (non-hydrogen) atoms. The summed E-state index contributed by atoms with van der Waals surface area (Å²) in [7, 11) is 0. The monoisotopic (exact) mass is 298 g/mol. The number of thiazole rings is 1. The first-order chi connectivity index (χ1) is 9.85. The average Bonchev–Trinajstić information content (AvgIpc) is 3.16. The molecule has 3 aromatic rings. The van der Waals surface area contributed by atoms with Gasteiger partial charge in [-0.15, -0.1) is 11.3 Å². The second kappa shape index (κ2) is 5.87. The van der Waals surface area contributed by atoms with Crippen molar-refractivity contribution in [1.82, 2.24) is 4.98 Å². The molecule has 3 nitrogen and oxygen atoms in total. The van der Waals surface area contributed by atoms with Gasteiger partial charge in [-0.3, -0.25) is 0 Å². The summed E-state index contributed by atoms with van der Waals surface area (Å²) in [4.78, 5) is 4.55. The summed E-state index contributed by atoms with van der Waals surface area (Å²) in [5, 5.41) is 16.0. The molecule has 2 heterocycles. The van der Waals surface area contributed by atoms with E-state index in [0.717, 1.165) is 16.3 Å². The zero-order valence-corrected chi connectivity index (χ0v) is 12.1. The maximum Gasteiger partial charge on any atom is 0.131 e. The highest BCUT2D eigenvalue weighted by Gasteiger charge is 2.06. The Morgan fingerprint density at radius 2 is 2.20 bits per heavy atom. The topological polar surface area (TPSA) is 45.9 Å². The van der Waals surface area contributed by atoms with Crippen LogP contribution in [0.2, 0.25) is 0 Å². The summed E-state index contributed by atoms with van der Waals surface area (Å²) in [6.07, 6.45) is 0. The van der Waals surface area contributed by atoms with Crippen molar-refractivity contribution in [3.8, 4) is 22.4 Å². The van der Waals surface area contributed by atoms with Crippen molar-refractivity contribution in [2.24, 2.45) is 0 Å². The van der Waals surface area contributed by atoms with Crippen LogP contribution < -0.4 is 4.74 Å². The molecule has 0 N–H and O–H groups in total. The standard InChI is InChI=1S/C15H10N2OS2/c16-7-11-2-1-3-14(6-11)18-8-13-10-20-15(17-13)12-4-5-19-9-12/h1-6,9-10H,8H2. The molecule has 0 aliphatic carbocycles. The molecule has 0 saturated carbocycles. The summed E-state index contributed by atoms with van der Waals surface area (Å²) < 4.78 is 5.66. The maximum absolute atomic E-state index is 8.84. The Bertz CT molecular complexity index is 741. The molecule has 0 atom stereocenters. The molecule has 98 valence electrons. The van der Waals surface area contributed by atoms with Crippen molar-refractivity contribution in [1.29, 1.82) is 5.26 Å². The van der Waals surface area contributed by atoms with Crippen LogP contribution in [0.5, 0.6) is 5.75 Å². The highest BCUT2D eigenvalue weighted by atomic mass is 32.1. The molecule has 0 fully saturated rings. The quantitative estimate of drug-likeness (QED) is 0.720. The van der Waals surface area contributed by atoms with Crippen molar-refractivity contribution >= 4 is 22.7 Å². The number of hydrogen-bond acceptors (Lipinski definition) is 5. The lowest BCUT2D eigenvalue weighted by molar-refractivity contribution is 0.302. The van der Waals surface area contributed by atoms with Gasteiger partial charge in [-0.05, 0) is 29.6 Å². The summed E-state index contributed by atoms with van der Waals surface area (Å²) >= 11 is 3.28. The molecule has 5 heteroatoms. The van der Waals surface area contributed by atoms with Gasteiger partial charge in [0.1, 0.15) is 17.4 Å². The third-order valence-corrected chi connectivity index (χ3v) is 4.29. The van der Waals surface area contributed by atoms with Crippen LogP contribution in [-0.2, 0) is 6.61 Å². The lowest BCUT2D eigenvalue weighted by atomic mass is 10.2. The number of nitrogens with zero attached hydrogens (tertiary/aromatic N) is 2. The number of thiophene rings is 1. The van der Waals surface area contributed by atoms with Crippen molar-refractivity contribution in [3.05, 3.63) is 57.7 Å². The smallest absolute Gasteiger partial charge is 0.131 e. The summed E-state index contributed by atoms with van der Waals surface area (Å²) in [5.41, 5.74) is 2.65. The summed E-state index contributed by atoms with van der Waals surface area (Å²) in [6, 6.07) is 11.3. The van der Waals surface area contributed by atoms with E-state index in [-0.39, 0.29) is 0 Å². The molecule has 0 radical (unpaired) electrons. The molecule has 0 aliphatic heterocycles. The molecule has 0 amide bonds. The number of ether oxygens (including phenoxy) is 1. The molecule has 0 saturated heterocycles. The zero-order valence-electron chi connectivity index (χ0n) is 10.4. The van der Waals surface area contributed by atoms with Crippen LogP contribution in [-0.4, -0.2) is 4.98 Å². The van der Waals surface area contributed by atoms with E-state index >= 15 is 0 Å². The van der Waals surface area contributed by atoms with Crippen LogP contribution in [0.25, 0.3) is 10.6 Å². The van der Waals surface area contributed by atoms with E-state index in [2.05, 4.69) is 22.5 Å². The highest BCUT2D eigenvalue weighted by Crippen LogP contribution is 2.26. The number of rotatable bonds is 4. The molecule has 0 spiro atoms. The fourth-order valence-electron chi connectivity index (χ4n) is 1.70. The van der Waals surface area contributed by atoms with E-state index in [0.29, 0.717) is 17.9 Å². The van der Waals surface area contributed by atoms with Gasteiger partial charge >= 0.3 is 0 Å². The van der Waals surface area contributed by atoms with Crippen LogP contribution >= 0.6 is 22.7 Å². The molecule has 3 rings (SSSR count). The van der Waals surface area contributed by atoms with Crippen LogP contribution in [0.4, 0.5) is 0 Å². The van der Waals surface area contributed by atoms with Gasteiger partial charge in [-0.2, -0.15) is 16.6 Å². The van der Waals surface area contributed by atoms with E-state index in [1.54, 1.807) is 34.8 Å². The van der Waals surface area contributed by atoms with Crippen molar-refractivity contribution < 1.29 is 4.74 Å². The normalized spacial score (nSPS) is 10.2. The van der Waals surface area contributed by atoms with Crippen molar-refractivity contribution in [2.75, 3.05) is 0 Å². The fourth-order valence-corrected chi connectivity index (χ4v) is 3.22. The van der Waals surface area contributed by atoms with E-state index in [9.17, 15) is 0 Å². The maximum atomic E-state index is 8.84. The average molecular weight is 298 g/mol. The number of aromatic nitrogens is 1. The molecule has 0 unspecified atom stereocenters. The molecular weight excluding hydrogens is 288 g/mol. The van der Waals surface area contributed by atoms with E-state index in [4.69, 9.17) is 10.00 Å². The minimum Gasteiger partial charge on any atom is -0.487 e. The van der Waals surface area contributed by atoms with E-state index in [1.807, 2.05) is 22.9 Å². The molecule has 0 aliphatic rings. The minimum atomic E-state index is 0.412. The van der Waals surface area contributed by atoms with Crippen molar-refractivity contribution in [3.63, 3.8) is 0 Å². The first-order valence-electron chi connectivity index (χ1n) is 5.95. The summed E-state index contributed by atoms with van der Waals surface area (Å²) in [5.74, 6) is 0.689. The van der Waals surface area contributed by atoms with Gasteiger partial charge in [-0.1, -0.05) is 6.07 Å². The first kappa shape index (κ1) is 12.9. The second-order valence-electron chi connectivity index (χ2n) is 4.08. The molecule has 1 aromatic carbocycles. The van der Waals surface area contributed by atoms with Gasteiger partial charge in [0.15, 0.2) is 0 Å². The molecular formula is C15H10N2OS2. The van der Waals surface area contributed by atoms with E-state index in [1.165, 1.54) is 0 Å². The lowest BCUT2D eigenvalue weighted by Crippen LogP contribution is -1.95. The molecule has 2 aromatic heterocycles. The lowest BCUT2D eigenvalue weighted by Gasteiger charge is -2.03. The Kier molecular flexibility index (Phi) is 3.77. The van der Waals surface area contributed by atoms with Crippen LogP contribution in [0, 0.1) is 11.3 Å². The van der Waals surface area contributed by atoms with Crippen LogP contribution in [0.3, 0.4) is 0 Å². The SMILES string of the molecule is N#Cc1cccc(OCc2csc(-c3ccsc3)n2)c1. The largest absolute Gasteiger partial charge is 0.487 e. The van der Waals surface area contributed by atoms with Crippen molar-refractivity contribution in [2.45, 2.75) is 6.61 Å². The third kappa shape index (κ3) is 2.87. The second-order valence-corrected chi connectivity index (χ2v) is 5.72. The Labute approximate surface area is 124 Å². The first-order valence-corrected chi connectivity index (χ1v) is 7.77. The van der Waals surface area contributed by atoms with Crippen LogP contribution in [0.15, 0.2) is 46.5 Å². The van der Waals surface area contributed by atoms with Gasteiger partial charge in [0, 0.05) is 16.3 Å². The Morgan fingerprint density at radius 3 is 3.00 bits per heavy atom. The Morgan fingerprint density at radius 1 is 1.25 bits per heavy atom. The number of hydrogen-bond donors (Lipinski definition) is 0. The number of nitriles is 1. The predicted molar refractivity (Wildman–Crippen MR) is 80.9 cm³/mol. The third-order valence-electron chi connectivity index (χ3n) is 2.67. The highest BCUT2D eigenvalue weighted by molar-refractivity contribution is 7.14. The zero-order chi connectivity index (χ0) is 13.8. The molecule has 0 bridgehead atoms.